The zero-order chi connectivity index (χ0) is 17.4. The number of H-pyrrole nitrogens is 1. The number of piperidine rings is 1. The first kappa shape index (κ1) is 16.1. The number of hydrogen-bond acceptors (Lipinski definition) is 3. The number of benzene rings is 1. The molecule has 1 aromatic carbocycles. The predicted molar refractivity (Wildman–Crippen MR) is 96.4 cm³/mol. The van der Waals surface area contributed by atoms with E-state index in [9.17, 15) is 4.79 Å². The fourth-order valence-electron chi connectivity index (χ4n) is 3.60. The van der Waals surface area contributed by atoms with Crippen molar-refractivity contribution < 1.29 is 13.9 Å². The number of halogens is 1. The number of fused-ring (bicyclic) bond motifs is 1. The van der Waals surface area contributed by atoms with Gasteiger partial charge < -0.3 is 19.0 Å². The van der Waals surface area contributed by atoms with Crippen LogP contribution in [0.15, 0.2) is 41.1 Å². The van der Waals surface area contributed by atoms with Gasteiger partial charge in [-0.1, -0.05) is 0 Å². The van der Waals surface area contributed by atoms with E-state index in [1.54, 1.807) is 13.2 Å². The van der Waals surface area contributed by atoms with Gasteiger partial charge in [-0.3, -0.25) is 4.79 Å². The standard InChI is InChI=1S/C19H19ClN2O3/c1-24-13-2-3-17-15(10-13)16(11-21-17)12-4-7-22(8-5-12)19(23)14-6-9-25-18(14)20/h2-3,6,9-12,21H,4-5,7-8H2,1H3. The van der Waals surface area contributed by atoms with Crippen molar-refractivity contribution in [2.24, 2.45) is 0 Å². The van der Waals surface area contributed by atoms with Crippen LogP contribution in [0, 0.1) is 0 Å². The predicted octanol–water partition coefficient (Wildman–Crippen LogP) is 4.44. The molecule has 0 saturated carbocycles. The Bertz CT molecular complexity index is 906. The Morgan fingerprint density at radius 3 is 2.80 bits per heavy atom. The summed E-state index contributed by atoms with van der Waals surface area (Å²) in [6.07, 6.45) is 5.37. The van der Waals surface area contributed by atoms with Gasteiger partial charge in [0.2, 0.25) is 5.22 Å². The van der Waals surface area contributed by atoms with E-state index in [1.807, 2.05) is 17.0 Å². The lowest BCUT2D eigenvalue weighted by molar-refractivity contribution is 0.0713. The van der Waals surface area contributed by atoms with Gasteiger partial charge in [-0.25, -0.2) is 0 Å². The van der Waals surface area contributed by atoms with Crippen LogP contribution in [0.4, 0.5) is 0 Å². The summed E-state index contributed by atoms with van der Waals surface area (Å²) < 4.78 is 10.4. The Kier molecular flexibility index (Phi) is 4.17. The molecule has 0 bridgehead atoms. The SMILES string of the molecule is COc1ccc2[nH]cc(C3CCN(C(=O)c4ccoc4Cl)CC3)c2c1. The average Bonchev–Trinajstić information content (AvgIpc) is 3.26. The zero-order valence-electron chi connectivity index (χ0n) is 13.9. The highest BCUT2D eigenvalue weighted by atomic mass is 35.5. The smallest absolute Gasteiger partial charge is 0.258 e. The third-order valence-corrected chi connectivity index (χ3v) is 5.28. The second kappa shape index (κ2) is 6.48. The van der Waals surface area contributed by atoms with Crippen LogP contribution in [0.5, 0.6) is 5.75 Å². The van der Waals surface area contributed by atoms with Crippen molar-refractivity contribution in [3.05, 3.63) is 53.1 Å². The fourth-order valence-corrected chi connectivity index (χ4v) is 3.79. The topological polar surface area (TPSA) is 58.5 Å². The number of likely N-dealkylation sites (tertiary alicyclic amines) is 1. The van der Waals surface area contributed by atoms with Gasteiger partial charge in [0.15, 0.2) is 0 Å². The highest BCUT2D eigenvalue weighted by Crippen LogP contribution is 2.35. The Labute approximate surface area is 150 Å². The fraction of sp³-hybridized carbons (Fsp3) is 0.316. The van der Waals surface area contributed by atoms with Gasteiger partial charge in [0.1, 0.15) is 5.75 Å². The number of hydrogen-bond donors (Lipinski definition) is 1. The Balaban J connectivity index is 1.50. The molecule has 3 heterocycles. The summed E-state index contributed by atoms with van der Waals surface area (Å²) in [6, 6.07) is 7.70. The zero-order valence-corrected chi connectivity index (χ0v) is 14.7. The quantitative estimate of drug-likeness (QED) is 0.752. The van der Waals surface area contributed by atoms with Crippen LogP contribution in [-0.2, 0) is 0 Å². The lowest BCUT2D eigenvalue weighted by atomic mass is 9.89. The molecule has 0 unspecified atom stereocenters. The van der Waals surface area contributed by atoms with Crippen LogP contribution in [-0.4, -0.2) is 36.0 Å². The van der Waals surface area contributed by atoms with Crippen molar-refractivity contribution in [3.63, 3.8) is 0 Å². The van der Waals surface area contributed by atoms with E-state index < -0.39 is 0 Å². The molecule has 0 aliphatic carbocycles. The lowest BCUT2D eigenvalue weighted by Crippen LogP contribution is -2.37. The van der Waals surface area contributed by atoms with Crippen LogP contribution >= 0.6 is 11.6 Å². The first-order valence-corrected chi connectivity index (χ1v) is 8.72. The van der Waals surface area contributed by atoms with Gasteiger partial charge in [-0.2, -0.15) is 0 Å². The van der Waals surface area contributed by atoms with E-state index in [1.165, 1.54) is 17.2 Å². The summed E-state index contributed by atoms with van der Waals surface area (Å²) in [6.45, 7) is 1.42. The first-order valence-electron chi connectivity index (χ1n) is 8.34. The molecule has 1 aliphatic rings. The molecule has 0 radical (unpaired) electrons. The summed E-state index contributed by atoms with van der Waals surface area (Å²) in [5, 5.41) is 1.36. The van der Waals surface area contributed by atoms with Crippen molar-refractivity contribution in [2.75, 3.05) is 20.2 Å². The number of carbonyl (C=O) groups is 1. The van der Waals surface area contributed by atoms with Gasteiger partial charge >= 0.3 is 0 Å². The number of rotatable bonds is 3. The number of aromatic nitrogens is 1. The van der Waals surface area contributed by atoms with E-state index in [0.717, 1.165) is 24.1 Å². The average molecular weight is 359 g/mol. The highest BCUT2D eigenvalue weighted by molar-refractivity contribution is 6.32. The van der Waals surface area contributed by atoms with E-state index >= 15 is 0 Å². The number of carbonyl (C=O) groups excluding carboxylic acids is 1. The first-order chi connectivity index (χ1) is 12.2. The summed E-state index contributed by atoms with van der Waals surface area (Å²) in [5.74, 6) is 1.22. The molecule has 25 heavy (non-hydrogen) atoms. The number of nitrogens with zero attached hydrogens (tertiary/aromatic N) is 1. The molecule has 5 nitrogen and oxygen atoms in total. The van der Waals surface area contributed by atoms with Gasteiger partial charge in [0.05, 0.1) is 18.9 Å². The van der Waals surface area contributed by atoms with Gasteiger partial charge in [-0.05, 0) is 60.2 Å². The maximum Gasteiger partial charge on any atom is 0.258 e. The molecule has 1 amide bonds. The third kappa shape index (κ3) is 2.89. The molecule has 1 fully saturated rings. The van der Waals surface area contributed by atoms with Crippen LogP contribution in [0.2, 0.25) is 5.22 Å². The molecular weight excluding hydrogens is 340 g/mol. The van der Waals surface area contributed by atoms with Crippen LogP contribution in [0.1, 0.15) is 34.7 Å². The Morgan fingerprint density at radius 1 is 1.32 bits per heavy atom. The number of furan rings is 1. The normalized spacial score (nSPS) is 15.7. The third-order valence-electron chi connectivity index (χ3n) is 4.99. The summed E-state index contributed by atoms with van der Waals surface area (Å²) in [4.78, 5) is 17.7. The second-order valence-corrected chi connectivity index (χ2v) is 6.67. The Morgan fingerprint density at radius 2 is 2.12 bits per heavy atom. The summed E-state index contributed by atoms with van der Waals surface area (Å²) in [5.41, 5.74) is 2.85. The molecule has 2 aromatic heterocycles. The number of methoxy groups -OCH3 is 1. The van der Waals surface area contributed by atoms with Crippen LogP contribution < -0.4 is 4.74 Å². The molecule has 3 aromatic rings. The van der Waals surface area contributed by atoms with Crippen molar-refractivity contribution in [1.82, 2.24) is 9.88 Å². The van der Waals surface area contributed by atoms with Gasteiger partial charge in [0, 0.05) is 30.2 Å². The molecule has 4 rings (SSSR count). The van der Waals surface area contributed by atoms with E-state index in [4.69, 9.17) is 20.8 Å². The lowest BCUT2D eigenvalue weighted by Gasteiger charge is -2.31. The highest BCUT2D eigenvalue weighted by Gasteiger charge is 2.27. The summed E-state index contributed by atoms with van der Waals surface area (Å²) in [7, 11) is 1.68. The van der Waals surface area contributed by atoms with Crippen molar-refractivity contribution in [2.45, 2.75) is 18.8 Å². The van der Waals surface area contributed by atoms with Crippen LogP contribution in [0.25, 0.3) is 10.9 Å². The largest absolute Gasteiger partial charge is 0.497 e. The maximum absolute atomic E-state index is 12.5. The molecular formula is C19H19ClN2O3. The van der Waals surface area contributed by atoms with E-state index in [2.05, 4.69) is 17.2 Å². The van der Waals surface area contributed by atoms with Crippen LogP contribution in [0.3, 0.4) is 0 Å². The molecule has 1 aliphatic heterocycles. The Hall–Kier alpha value is -2.40. The van der Waals surface area contributed by atoms with Crippen molar-refractivity contribution in [3.8, 4) is 5.75 Å². The van der Waals surface area contributed by atoms with E-state index in [-0.39, 0.29) is 11.1 Å². The molecule has 0 spiro atoms. The van der Waals surface area contributed by atoms with Crippen molar-refractivity contribution in [1.29, 1.82) is 0 Å². The van der Waals surface area contributed by atoms with Crippen molar-refractivity contribution >= 4 is 28.4 Å². The van der Waals surface area contributed by atoms with Gasteiger partial charge in [-0.15, -0.1) is 0 Å². The number of amides is 1. The minimum atomic E-state index is -0.0576. The number of aromatic amines is 1. The molecule has 6 heteroatoms. The van der Waals surface area contributed by atoms with Gasteiger partial charge in [0.25, 0.3) is 5.91 Å². The monoisotopic (exact) mass is 358 g/mol. The molecule has 130 valence electrons. The molecule has 0 atom stereocenters. The van der Waals surface area contributed by atoms with E-state index in [0.29, 0.717) is 24.6 Å². The molecule has 1 saturated heterocycles. The minimum absolute atomic E-state index is 0.0576. The minimum Gasteiger partial charge on any atom is -0.497 e. The summed E-state index contributed by atoms with van der Waals surface area (Å²) >= 11 is 5.93. The second-order valence-electron chi connectivity index (χ2n) is 6.33. The number of nitrogens with one attached hydrogen (secondary N) is 1. The maximum atomic E-state index is 12.5. The molecule has 1 N–H and O–H groups in total. The number of ether oxygens (including phenoxy) is 1.